The van der Waals surface area contributed by atoms with Crippen LogP contribution < -0.4 is 15.4 Å². The first-order valence-electron chi connectivity index (χ1n) is 11.2. The lowest BCUT2D eigenvalue weighted by Gasteiger charge is -2.33. The SMILES string of the molecule is COc1ccc(C(F)(F)F)cc1-c1ccc2c(c1CNc1cccc(C)c1)C(C)=CC(C)(C)N2. The highest BCUT2D eigenvalue weighted by Crippen LogP contribution is 2.44. The van der Waals surface area contributed by atoms with E-state index in [0.717, 1.165) is 39.7 Å². The Morgan fingerprint density at radius 1 is 0.971 bits per heavy atom. The summed E-state index contributed by atoms with van der Waals surface area (Å²) >= 11 is 0. The zero-order chi connectivity index (χ0) is 24.7. The van der Waals surface area contributed by atoms with Gasteiger partial charge in [0.05, 0.1) is 18.2 Å². The molecule has 1 aliphatic heterocycles. The normalized spacial score (nSPS) is 14.6. The third kappa shape index (κ3) is 4.76. The van der Waals surface area contributed by atoms with Crippen LogP contribution in [0.5, 0.6) is 5.75 Å². The number of aryl methyl sites for hydroxylation is 1. The fraction of sp³-hybridized carbons (Fsp3) is 0.286. The van der Waals surface area contributed by atoms with Crippen LogP contribution in [0.4, 0.5) is 24.5 Å². The van der Waals surface area contributed by atoms with E-state index in [1.807, 2.05) is 50.2 Å². The lowest BCUT2D eigenvalue weighted by atomic mass is 9.84. The smallest absolute Gasteiger partial charge is 0.416 e. The summed E-state index contributed by atoms with van der Waals surface area (Å²) in [7, 11) is 1.48. The van der Waals surface area contributed by atoms with Crippen molar-refractivity contribution in [2.75, 3.05) is 17.7 Å². The van der Waals surface area contributed by atoms with Crippen molar-refractivity contribution < 1.29 is 17.9 Å². The maximum Gasteiger partial charge on any atom is 0.416 e. The van der Waals surface area contributed by atoms with Crippen molar-refractivity contribution in [3.05, 3.63) is 82.9 Å². The van der Waals surface area contributed by atoms with Gasteiger partial charge in [0.15, 0.2) is 0 Å². The second-order valence-corrected chi connectivity index (χ2v) is 9.32. The predicted octanol–water partition coefficient (Wildman–Crippen LogP) is 7.91. The first-order valence-corrected chi connectivity index (χ1v) is 11.2. The van der Waals surface area contributed by atoms with Crippen LogP contribution in [0.25, 0.3) is 16.7 Å². The van der Waals surface area contributed by atoms with Crippen LogP contribution in [0.2, 0.25) is 0 Å². The maximum absolute atomic E-state index is 13.6. The topological polar surface area (TPSA) is 33.3 Å². The highest BCUT2D eigenvalue weighted by molar-refractivity contribution is 5.88. The summed E-state index contributed by atoms with van der Waals surface area (Å²) < 4.78 is 46.2. The molecule has 178 valence electrons. The number of allylic oxidation sites excluding steroid dienone is 1. The van der Waals surface area contributed by atoms with Crippen molar-refractivity contribution in [1.29, 1.82) is 0 Å². The number of rotatable bonds is 5. The zero-order valence-corrected chi connectivity index (χ0v) is 20.0. The Bertz CT molecular complexity index is 1260. The molecule has 1 heterocycles. The molecule has 0 spiro atoms. The summed E-state index contributed by atoms with van der Waals surface area (Å²) in [5.41, 5.74) is 6.20. The first-order chi connectivity index (χ1) is 16.0. The molecule has 0 saturated heterocycles. The third-order valence-corrected chi connectivity index (χ3v) is 6.05. The summed E-state index contributed by atoms with van der Waals surface area (Å²) in [6.45, 7) is 8.69. The van der Waals surface area contributed by atoms with Gasteiger partial charge < -0.3 is 15.4 Å². The van der Waals surface area contributed by atoms with Gasteiger partial charge in [0, 0.05) is 29.0 Å². The van der Waals surface area contributed by atoms with Crippen LogP contribution in [0.1, 0.15) is 43.0 Å². The van der Waals surface area contributed by atoms with Crippen LogP contribution in [0.3, 0.4) is 0 Å². The number of methoxy groups -OCH3 is 1. The van der Waals surface area contributed by atoms with E-state index in [-0.39, 0.29) is 5.54 Å². The minimum absolute atomic E-state index is 0.228. The van der Waals surface area contributed by atoms with Gasteiger partial charge in [-0.2, -0.15) is 13.2 Å². The molecular formula is C28H29F3N2O. The van der Waals surface area contributed by atoms with Gasteiger partial charge in [-0.1, -0.05) is 24.3 Å². The molecule has 0 aliphatic carbocycles. The van der Waals surface area contributed by atoms with Gasteiger partial charge in [-0.05, 0) is 86.4 Å². The van der Waals surface area contributed by atoms with E-state index in [2.05, 4.69) is 30.6 Å². The van der Waals surface area contributed by atoms with E-state index in [1.54, 1.807) is 0 Å². The van der Waals surface area contributed by atoms with Crippen molar-refractivity contribution in [2.45, 2.75) is 46.0 Å². The maximum atomic E-state index is 13.6. The number of ether oxygens (including phenoxy) is 1. The summed E-state index contributed by atoms with van der Waals surface area (Å²) in [4.78, 5) is 0. The molecule has 4 rings (SSSR count). The molecule has 3 aromatic rings. The third-order valence-electron chi connectivity index (χ3n) is 6.05. The lowest BCUT2D eigenvalue weighted by Crippen LogP contribution is -2.32. The van der Waals surface area contributed by atoms with Crippen LogP contribution >= 0.6 is 0 Å². The lowest BCUT2D eigenvalue weighted by molar-refractivity contribution is -0.137. The monoisotopic (exact) mass is 466 g/mol. The molecule has 0 saturated carbocycles. The molecule has 0 unspecified atom stereocenters. The molecule has 0 radical (unpaired) electrons. The van der Waals surface area contributed by atoms with Crippen molar-refractivity contribution in [2.24, 2.45) is 0 Å². The summed E-state index contributed by atoms with van der Waals surface area (Å²) in [6, 6.07) is 15.5. The zero-order valence-electron chi connectivity index (χ0n) is 20.0. The number of alkyl halides is 3. The van der Waals surface area contributed by atoms with Crippen molar-refractivity contribution in [1.82, 2.24) is 0 Å². The molecule has 6 heteroatoms. The second-order valence-electron chi connectivity index (χ2n) is 9.32. The van der Waals surface area contributed by atoms with E-state index in [0.29, 0.717) is 23.4 Å². The molecule has 0 amide bonds. The van der Waals surface area contributed by atoms with Crippen molar-refractivity contribution in [3.8, 4) is 16.9 Å². The molecule has 34 heavy (non-hydrogen) atoms. The number of benzene rings is 3. The van der Waals surface area contributed by atoms with Gasteiger partial charge in [0.2, 0.25) is 0 Å². The van der Waals surface area contributed by atoms with E-state index >= 15 is 0 Å². The summed E-state index contributed by atoms with van der Waals surface area (Å²) in [6.07, 6.45) is -2.30. The highest BCUT2D eigenvalue weighted by atomic mass is 19.4. The van der Waals surface area contributed by atoms with Crippen LogP contribution in [-0.2, 0) is 12.7 Å². The molecule has 0 bridgehead atoms. The molecule has 2 N–H and O–H groups in total. The van der Waals surface area contributed by atoms with Gasteiger partial charge in [-0.15, -0.1) is 0 Å². The minimum atomic E-state index is -4.45. The van der Waals surface area contributed by atoms with Crippen LogP contribution in [0.15, 0.2) is 60.7 Å². The average Bonchev–Trinajstić information content (AvgIpc) is 2.75. The van der Waals surface area contributed by atoms with Gasteiger partial charge in [-0.3, -0.25) is 0 Å². The molecule has 0 atom stereocenters. The van der Waals surface area contributed by atoms with Gasteiger partial charge in [-0.25, -0.2) is 0 Å². The Morgan fingerprint density at radius 3 is 2.41 bits per heavy atom. The number of halogens is 3. The van der Waals surface area contributed by atoms with Crippen molar-refractivity contribution >= 4 is 16.9 Å². The molecule has 1 aliphatic rings. The number of hydrogen-bond acceptors (Lipinski definition) is 3. The number of fused-ring (bicyclic) bond motifs is 1. The Hall–Kier alpha value is -3.41. The van der Waals surface area contributed by atoms with E-state index < -0.39 is 11.7 Å². The quantitative estimate of drug-likeness (QED) is 0.401. The standard InChI is InChI=1S/C28H29F3N2O/c1-17-7-6-8-20(13-17)32-16-23-21(10-11-24-26(23)18(2)15-27(3,4)33-24)22-14-19(28(29,30)31)9-12-25(22)34-5/h6-15,32-33H,16H2,1-5H3. The van der Waals surface area contributed by atoms with Gasteiger partial charge in [0.1, 0.15) is 5.75 Å². The average molecular weight is 467 g/mol. The molecule has 0 aromatic heterocycles. The predicted molar refractivity (Wildman–Crippen MR) is 133 cm³/mol. The van der Waals surface area contributed by atoms with Gasteiger partial charge in [0.25, 0.3) is 0 Å². The molecule has 3 nitrogen and oxygen atoms in total. The summed E-state index contributed by atoms with van der Waals surface area (Å²) in [5.74, 6) is 0.399. The van der Waals surface area contributed by atoms with E-state index in [4.69, 9.17) is 4.74 Å². The fourth-order valence-corrected chi connectivity index (χ4v) is 4.68. The second kappa shape index (κ2) is 8.75. The summed E-state index contributed by atoms with van der Waals surface area (Å²) in [5, 5.41) is 7.01. The van der Waals surface area contributed by atoms with Crippen LogP contribution in [-0.4, -0.2) is 12.6 Å². The largest absolute Gasteiger partial charge is 0.496 e. The Labute approximate surface area is 198 Å². The minimum Gasteiger partial charge on any atom is -0.496 e. The molecular weight excluding hydrogens is 437 g/mol. The fourth-order valence-electron chi connectivity index (χ4n) is 4.68. The van der Waals surface area contributed by atoms with Gasteiger partial charge >= 0.3 is 6.18 Å². The number of anilines is 2. The first kappa shape index (κ1) is 23.7. The van der Waals surface area contributed by atoms with Crippen LogP contribution in [0, 0.1) is 6.92 Å². The van der Waals surface area contributed by atoms with Crippen molar-refractivity contribution in [3.63, 3.8) is 0 Å². The Balaban J connectivity index is 1.91. The molecule has 0 fully saturated rings. The molecule has 3 aromatic carbocycles. The van der Waals surface area contributed by atoms with E-state index in [9.17, 15) is 13.2 Å². The Morgan fingerprint density at radius 2 is 1.74 bits per heavy atom. The number of nitrogens with one attached hydrogen (secondary N) is 2. The Kier molecular flexibility index (Phi) is 6.11. The number of hydrogen-bond donors (Lipinski definition) is 2. The van der Waals surface area contributed by atoms with E-state index in [1.165, 1.54) is 19.2 Å². The highest BCUT2D eigenvalue weighted by Gasteiger charge is 2.32.